The summed E-state index contributed by atoms with van der Waals surface area (Å²) >= 11 is 15.9. The first kappa shape index (κ1) is 53.1. The Bertz CT molecular complexity index is 2940. The molecule has 0 bridgehead atoms. The van der Waals surface area contributed by atoms with E-state index < -0.39 is 133 Å². The molecule has 3 aliphatic rings. The number of aliphatic hydroxyl groups excluding tert-OH is 6. The molecular weight excluding hydrogens is 1080 g/mol. The molecule has 6 aromatic heterocycles. The first-order chi connectivity index (χ1) is 34.1. The zero-order valence-electron chi connectivity index (χ0n) is 36.6. The van der Waals surface area contributed by atoms with Crippen LogP contribution in [0.5, 0.6) is 0 Å². The molecule has 392 valence electrons. The molecular formula is C33H46N17O16P3S3. The Hall–Kier alpha value is -3.72. The second-order valence-electron chi connectivity index (χ2n) is 16.2. The molecule has 16 atom stereocenters. The molecule has 3 aliphatic heterocycles. The lowest BCUT2D eigenvalue weighted by atomic mass is 10.1. The minimum Gasteiger partial charge on any atom is -0.387 e. The van der Waals surface area contributed by atoms with Crippen molar-refractivity contribution < 1.29 is 77.6 Å². The van der Waals surface area contributed by atoms with E-state index in [1.54, 1.807) is 0 Å². The zero-order chi connectivity index (χ0) is 51.4. The van der Waals surface area contributed by atoms with E-state index in [1.807, 2.05) is 0 Å². The average Bonchev–Trinajstić information content (AvgIpc) is 4.20. The molecule has 0 aromatic carbocycles. The number of nitrogen functional groups attached to an aromatic ring is 3. The maximum absolute atomic E-state index is 11.3. The molecule has 9 rings (SSSR count). The zero-order valence-corrected chi connectivity index (χ0v) is 41.7. The number of nitrogens with zero attached hydrogens (tertiary/aromatic N) is 12. The summed E-state index contributed by atoms with van der Waals surface area (Å²) in [4.78, 5) is 70.2. The van der Waals surface area contributed by atoms with Crippen LogP contribution in [0.25, 0.3) is 33.5 Å². The first-order valence-corrected chi connectivity index (χ1v) is 29.0. The summed E-state index contributed by atoms with van der Waals surface area (Å²) in [5.74, 6) is 0.201. The smallest absolute Gasteiger partial charge is 0.324 e. The van der Waals surface area contributed by atoms with Crippen molar-refractivity contribution in [3.63, 3.8) is 0 Å². The van der Waals surface area contributed by atoms with Crippen molar-refractivity contribution in [2.45, 2.75) is 79.7 Å². The van der Waals surface area contributed by atoms with Gasteiger partial charge in [0.2, 0.25) is 0 Å². The summed E-state index contributed by atoms with van der Waals surface area (Å²) < 4.78 is 44.1. The van der Waals surface area contributed by atoms with E-state index in [2.05, 4.69) is 55.0 Å². The normalized spacial score (nSPS) is 30.8. The highest BCUT2D eigenvalue weighted by Crippen LogP contribution is 2.48. The van der Waals surface area contributed by atoms with E-state index in [1.165, 1.54) is 51.7 Å². The number of nitrogens with one attached hydrogen (secondary N) is 2. The van der Waals surface area contributed by atoms with Gasteiger partial charge in [-0.3, -0.25) is 13.7 Å². The molecule has 3 fully saturated rings. The van der Waals surface area contributed by atoms with Gasteiger partial charge >= 0.3 is 6.72 Å². The highest BCUT2D eigenvalue weighted by molar-refractivity contribution is 8.09. The van der Waals surface area contributed by atoms with Crippen LogP contribution in [0.4, 0.5) is 17.5 Å². The van der Waals surface area contributed by atoms with Crippen LogP contribution in [0.3, 0.4) is 0 Å². The third kappa shape index (κ3) is 11.0. The van der Waals surface area contributed by atoms with Gasteiger partial charge in [-0.1, -0.05) is 0 Å². The van der Waals surface area contributed by atoms with Crippen molar-refractivity contribution in [3.8, 4) is 0 Å². The summed E-state index contributed by atoms with van der Waals surface area (Å²) in [6.07, 6.45) is -10.8. The second-order valence-corrected chi connectivity index (χ2v) is 25.2. The van der Waals surface area contributed by atoms with E-state index in [-0.39, 0.29) is 50.9 Å². The minimum atomic E-state index is -4.41. The van der Waals surface area contributed by atoms with Gasteiger partial charge in [-0.05, 0) is 35.4 Å². The Morgan fingerprint density at radius 1 is 0.514 bits per heavy atom. The molecule has 0 radical (unpaired) electrons. The van der Waals surface area contributed by atoms with Gasteiger partial charge in [0.15, 0.2) is 53.1 Å². The Morgan fingerprint density at radius 3 is 1.17 bits per heavy atom. The van der Waals surface area contributed by atoms with Gasteiger partial charge in [-0.25, -0.2) is 55.0 Å². The second kappa shape index (κ2) is 21.1. The fraction of sp³-hybridized carbons (Fsp3) is 0.545. The van der Waals surface area contributed by atoms with E-state index in [0.29, 0.717) is 0 Å². The number of hydrogen-bond acceptors (Lipinski definition) is 28. The first-order valence-electron chi connectivity index (χ1n) is 21.1. The van der Waals surface area contributed by atoms with Crippen LogP contribution in [0, 0.1) is 0 Å². The molecule has 0 aliphatic carbocycles. The van der Waals surface area contributed by atoms with Gasteiger partial charge in [0, 0.05) is 13.1 Å². The number of fused-ring (bicyclic) bond motifs is 3. The van der Waals surface area contributed by atoms with Crippen molar-refractivity contribution in [3.05, 3.63) is 38.0 Å². The molecule has 0 spiro atoms. The minimum absolute atomic E-state index is 0.0607. The molecule has 3 saturated heterocycles. The highest BCUT2D eigenvalue weighted by atomic mass is 32.5. The largest absolute Gasteiger partial charge is 0.387 e. The monoisotopic (exact) mass is 1130 g/mol. The molecule has 6 aromatic rings. The lowest BCUT2D eigenvalue weighted by Gasteiger charge is -2.28. The Balaban J connectivity index is 0.843. The van der Waals surface area contributed by atoms with Crippen molar-refractivity contribution in [2.24, 2.45) is 0 Å². The molecule has 0 saturated carbocycles. The molecule has 17 N–H and O–H groups in total. The van der Waals surface area contributed by atoms with E-state index >= 15 is 0 Å². The predicted octanol–water partition coefficient (Wildman–Crippen LogP) is -4.63. The number of aromatic nitrogens is 12. The molecule has 39 heteroatoms. The standard InChI is InChI=1S/C33H46N17O16P3S3/c34-25-16-28(40-6-37-25)48(9-43-16)31-22(54)19(51)13(63-31)3-60-67(57,70)46-1-12(66-69(59,72)62-5-15-21(53)24(56)33(65-15)50-11-45-18-27(36)39-8-42-30(18)50)2-47-68(58,71)61-4-14-20(52)23(55)32(64-14)49-10-44-17-26(35)38-7-41-29(17)49/h6-15,19-24,31-33,51-56H,1-5H2,(H,59,72)(H2,34,37,40)(H2,35,38,41)(H2,36,39,42)(H2,46,57,70)(H2,47,58,71)/t12?,13-,14?,15-,19-,20-,21-,22-,23-,24-,31?,32-,33?,67?,68?,69?/m1/s1. The fourth-order valence-corrected chi connectivity index (χ4v) is 11.9. The number of anilines is 3. The fourth-order valence-electron chi connectivity index (χ4n) is 7.87. The van der Waals surface area contributed by atoms with Crippen LogP contribution in [-0.2, 0) is 67.7 Å². The molecule has 7 unspecified atom stereocenters. The van der Waals surface area contributed by atoms with E-state index in [9.17, 15) is 45.3 Å². The maximum Gasteiger partial charge on any atom is 0.324 e. The summed E-state index contributed by atoms with van der Waals surface area (Å²) in [5, 5.41) is 70.5. The number of hydrogen-bond donors (Lipinski definition) is 14. The Morgan fingerprint density at radius 2 is 0.833 bits per heavy atom. The van der Waals surface area contributed by atoms with Crippen LogP contribution in [0.1, 0.15) is 18.7 Å². The Kier molecular flexibility index (Phi) is 15.6. The maximum atomic E-state index is 11.3. The van der Waals surface area contributed by atoms with Crippen LogP contribution in [0.2, 0.25) is 0 Å². The van der Waals surface area contributed by atoms with Gasteiger partial charge < -0.3 is 94.8 Å². The molecule has 72 heavy (non-hydrogen) atoms. The van der Waals surface area contributed by atoms with Crippen molar-refractivity contribution in [1.29, 1.82) is 0 Å². The van der Waals surface area contributed by atoms with Gasteiger partial charge in [0.25, 0.3) is 13.3 Å². The number of ether oxygens (including phenoxy) is 3. The van der Waals surface area contributed by atoms with Gasteiger partial charge in [-0.2, -0.15) is 0 Å². The van der Waals surface area contributed by atoms with E-state index in [0.717, 1.165) is 0 Å². The topological polar surface area (TPSA) is 480 Å². The lowest BCUT2D eigenvalue weighted by Crippen LogP contribution is -2.37. The Labute approximate surface area is 419 Å². The summed E-state index contributed by atoms with van der Waals surface area (Å²) in [6.45, 7) is -15.4. The summed E-state index contributed by atoms with van der Waals surface area (Å²) in [6, 6.07) is 0. The lowest BCUT2D eigenvalue weighted by molar-refractivity contribution is -0.0501. The quantitative estimate of drug-likeness (QED) is 0.0320. The average molecular weight is 1130 g/mol. The third-order valence-corrected chi connectivity index (χ3v) is 16.7. The SMILES string of the molecule is Nc1ncnc2c1ncn2C1O[C@H](COP(O)(=S)NCC(CNP(O)(=S)OCC2O[C@@H](n3cnc4c(N)ncnc43)[C@H](O)[C@@H]2O)OP(O)(=S)OC[C@H]2OC(n3cnc4c(N)ncnc43)[C@H](O)[C@@H]2O)[C@@H](O)[C@H]1O. The molecule has 33 nitrogen and oxygen atoms in total. The van der Waals surface area contributed by atoms with Gasteiger partial charge in [-0.15, -0.1) is 0 Å². The van der Waals surface area contributed by atoms with Crippen molar-refractivity contribution in [2.75, 3.05) is 50.1 Å². The van der Waals surface area contributed by atoms with Crippen LogP contribution in [0.15, 0.2) is 38.0 Å². The molecule has 0 amide bonds. The van der Waals surface area contributed by atoms with Gasteiger partial charge in [0.05, 0.1) is 44.9 Å². The summed E-state index contributed by atoms with van der Waals surface area (Å²) in [7, 11) is 0. The van der Waals surface area contributed by atoms with E-state index in [4.69, 9.17) is 84.9 Å². The van der Waals surface area contributed by atoms with Gasteiger partial charge in [0.1, 0.15) is 90.5 Å². The van der Waals surface area contributed by atoms with Crippen molar-refractivity contribution in [1.82, 2.24) is 68.7 Å². The summed E-state index contributed by atoms with van der Waals surface area (Å²) in [5.41, 5.74) is 18.9. The van der Waals surface area contributed by atoms with Crippen molar-refractivity contribution >= 4 is 106 Å². The number of aliphatic hydroxyl groups is 6. The van der Waals surface area contributed by atoms with Crippen LogP contribution >= 0.6 is 20.0 Å². The number of imidazole rings is 3. The van der Waals surface area contributed by atoms with Crippen LogP contribution in [-0.4, -0.2) is 198 Å². The number of nitrogens with two attached hydrogens (primary N) is 3. The highest BCUT2D eigenvalue weighted by Gasteiger charge is 2.48. The number of rotatable bonds is 20. The molecule has 9 heterocycles. The third-order valence-electron chi connectivity index (χ3n) is 11.5. The predicted molar refractivity (Wildman–Crippen MR) is 255 cm³/mol. The van der Waals surface area contributed by atoms with Crippen LogP contribution < -0.4 is 27.4 Å².